The Morgan fingerprint density at radius 1 is 1.38 bits per heavy atom. The zero-order chi connectivity index (χ0) is 22.7. The third-order valence-electron chi connectivity index (χ3n) is 5.39. The van der Waals surface area contributed by atoms with Crippen molar-refractivity contribution in [2.45, 2.75) is 31.8 Å². The van der Waals surface area contributed by atoms with Crippen LogP contribution in [0.3, 0.4) is 0 Å². The third kappa shape index (κ3) is 5.11. The van der Waals surface area contributed by atoms with Gasteiger partial charge in [-0.2, -0.15) is 0 Å². The van der Waals surface area contributed by atoms with E-state index in [0.29, 0.717) is 30.7 Å². The topological polar surface area (TPSA) is 102 Å². The van der Waals surface area contributed by atoms with Crippen LogP contribution in [0.5, 0.6) is 5.75 Å². The van der Waals surface area contributed by atoms with Gasteiger partial charge < -0.3 is 20.1 Å². The third-order valence-corrected chi connectivity index (χ3v) is 5.56. The minimum absolute atomic E-state index is 0.278. The van der Waals surface area contributed by atoms with Crippen LogP contribution in [0.25, 0.3) is 11.3 Å². The maximum atomic E-state index is 6.10. The van der Waals surface area contributed by atoms with E-state index in [2.05, 4.69) is 21.5 Å². The predicted molar refractivity (Wildman–Crippen MR) is 126 cm³/mol. The van der Waals surface area contributed by atoms with Crippen LogP contribution in [0.4, 0.5) is 11.6 Å². The lowest BCUT2D eigenvalue weighted by Gasteiger charge is -2.28. The van der Waals surface area contributed by atoms with Crippen molar-refractivity contribution in [2.24, 2.45) is 4.99 Å². The van der Waals surface area contributed by atoms with Crippen LogP contribution in [0, 0.1) is 0 Å². The van der Waals surface area contributed by atoms with Gasteiger partial charge in [0.15, 0.2) is 23.5 Å². The van der Waals surface area contributed by atoms with Crippen LogP contribution in [0.1, 0.15) is 31.5 Å². The van der Waals surface area contributed by atoms with Gasteiger partial charge in [0, 0.05) is 61.9 Å². The minimum atomic E-state index is -0.466. The molecule has 0 bridgehead atoms. The minimum Gasteiger partial charge on any atom is -0.479 e. The van der Waals surface area contributed by atoms with Gasteiger partial charge in [0.05, 0.1) is 18.9 Å². The molecule has 170 valence electrons. The summed E-state index contributed by atoms with van der Waals surface area (Å²) in [6, 6.07) is 3.84. The molecule has 1 saturated carbocycles. The summed E-state index contributed by atoms with van der Waals surface area (Å²) in [4.78, 5) is 20.4. The van der Waals surface area contributed by atoms with Gasteiger partial charge in [0.1, 0.15) is 11.6 Å². The Kier molecular flexibility index (Phi) is 6.76. The molecule has 2 fully saturated rings. The van der Waals surface area contributed by atoms with E-state index in [-0.39, 0.29) is 5.82 Å². The van der Waals surface area contributed by atoms with Gasteiger partial charge in [-0.15, -0.1) is 0 Å². The molecule has 0 amide bonds. The van der Waals surface area contributed by atoms with E-state index < -0.39 is 6.10 Å². The number of pyridine rings is 1. The lowest BCUT2D eigenvalue weighted by Crippen LogP contribution is -2.37. The summed E-state index contributed by atoms with van der Waals surface area (Å²) in [5, 5.41) is 0. The normalized spacial score (nSPS) is 17.7. The summed E-state index contributed by atoms with van der Waals surface area (Å²) >= 11 is 6.09. The molecule has 4 rings (SSSR count). The first-order valence-corrected chi connectivity index (χ1v) is 11.0. The largest absolute Gasteiger partial charge is 0.479 e. The molecule has 9 nitrogen and oxygen atoms in total. The van der Waals surface area contributed by atoms with Crippen molar-refractivity contribution >= 4 is 29.2 Å². The highest BCUT2D eigenvalue weighted by Gasteiger charge is 2.28. The van der Waals surface area contributed by atoms with Crippen molar-refractivity contribution in [2.75, 3.05) is 44.0 Å². The van der Waals surface area contributed by atoms with E-state index in [9.17, 15) is 0 Å². The van der Waals surface area contributed by atoms with Crippen molar-refractivity contribution in [3.63, 3.8) is 0 Å². The Labute approximate surface area is 193 Å². The van der Waals surface area contributed by atoms with Gasteiger partial charge >= 0.3 is 0 Å². The average molecular weight is 458 g/mol. The molecule has 10 heteroatoms. The summed E-state index contributed by atoms with van der Waals surface area (Å²) in [5.74, 6) is 3.42. The number of hydrogen-bond acceptors (Lipinski definition) is 8. The summed E-state index contributed by atoms with van der Waals surface area (Å²) in [5.41, 5.74) is 7.70. The van der Waals surface area contributed by atoms with Gasteiger partial charge in [0.2, 0.25) is 0 Å². The smallest absolute Gasteiger partial charge is 0.166 e. The molecule has 32 heavy (non-hydrogen) atoms. The highest BCUT2D eigenvalue weighted by atomic mass is 35.5. The molecule has 2 aromatic rings. The van der Waals surface area contributed by atoms with Crippen molar-refractivity contribution in [3.8, 4) is 17.0 Å². The molecule has 3 heterocycles. The maximum Gasteiger partial charge on any atom is 0.166 e. The van der Waals surface area contributed by atoms with E-state index in [0.717, 1.165) is 48.8 Å². The van der Waals surface area contributed by atoms with Crippen LogP contribution in [-0.4, -0.2) is 64.7 Å². The number of rotatable bonds is 7. The summed E-state index contributed by atoms with van der Waals surface area (Å²) in [6.45, 7) is 8.47. The molecule has 0 spiro atoms. The van der Waals surface area contributed by atoms with E-state index >= 15 is 0 Å². The average Bonchev–Trinajstić information content (AvgIpc) is 3.64. The molecule has 1 aliphatic carbocycles. The van der Waals surface area contributed by atoms with Gasteiger partial charge in [-0.3, -0.25) is 4.42 Å². The molecule has 2 N–H and O–H groups in total. The zero-order valence-corrected chi connectivity index (χ0v) is 19.1. The fourth-order valence-corrected chi connectivity index (χ4v) is 3.72. The second-order valence-electron chi connectivity index (χ2n) is 7.86. The van der Waals surface area contributed by atoms with Crippen LogP contribution in [-0.2, 0) is 4.74 Å². The Hall–Kier alpha value is -2.91. The summed E-state index contributed by atoms with van der Waals surface area (Å²) in [7, 11) is 1.68. The molecular formula is C22H28ClN7O2. The van der Waals surface area contributed by atoms with Crippen LogP contribution >= 0.6 is 11.8 Å². The van der Waals surface area contributed by atoms with Crippen LogP contribution in [0.2, 0.25) is 0 Å². The number of amidine groups is 1. The van der Waals surface area contributed by atoms with Gasteiger partial charge in [0.25, 0.3) is 0 Å². The first-order chi connectivity index (χ1) is 15.5. The molecule has 2 aromatic heterocycles. The van der Waals surface area contributed by atoms with Crippen molar-refractivity contribution in [3.05, 3.63) is 36.9 Å². The number of morpholine rings is 1. The summed E-state index contributed by atoms with van der Waals surface area (Å²) in [6.07, 6.45) is 4.90. The van der Waals surface area contributed by atoms with Crippen LogP contribution < -0.4 is 15.4 Å². The van der Waals surface area contributed by atoms with Gasteiger partial charge in [-0.05, 0) is 25.8 Å². The number of hydrogen-bond donors (Lipinski definition) is 1. The number of ether oxygens (including phenoxy) is 2. The van der Waals surface area contributed by atoms with Crippen LogP contribution in [0.15, 0.2) is 36.1 Å². The molecule has 1 saturated heterocycles. The Bertz CT molecular complexity index is 1000. The number of anilines is 2. The Morgan fingerprint density at radius 2 is 2.12 bits per heavy atom. The van der Waals surface area contributed by atoms with Gasteiger partial charge in [-0.1, -0.05) is 6.58 Å². The maximum absolute atomic E-state index is 6.10. The predicted octanol–water partition coefficient (Wildman–Crippen LogP) is 3.23. The Balaban J connectivity index is 1.66. The zero-order valence-electron chi connectivity index (χ0n) is 18.4. The first kappa shape index (κ1) is 22.3. The molecular weight excluding hydrogens is 430 g/mol. The standard InChI is InChI=1S/C22H28ClN7O2/c1-4-25-22(29(3)23)14(2)32-18-11-16(13-26-20(18)24)17-12-19(30-7-9-31-10-8-30)28-21(27-17)15-5-6-15/h4,11-15H,1,5-10H2,2-3H3,(H2,24,26). The molecule has 1 aliphatic heterocycles. The second kappa shape index (κ2) is 9.70. The number of likely N-dealkylation sites (N-methyl/N-ethyl adjacent to an activating group) is 1. The highest BCUT2D eigenvalue weighted by Crippen LogP contribution is 2.40. The number of nitrogen functional groups attached to an aromatic ring is 1. The van der Waals surface area contributed by atoms with E-state index in [4.69, 9.17) is 37.0 Å². The Morgan fingerprint density at radius 3 is 2.78 bits per heavy atom. The fraction of sp³-hybridized carbons (Fsp3) is 0.455. The molecule has 1 atom stereocenters. The lowest BCUT2D eigenvalue weighted by atomic mass is 10.1. The molecule has 2 aliphatic rings. The summed E-state index contributed by atoms with van der Waals surface area (Å²) < 4.78 is 12.9. The quantitative estimate of drug-likeness (QED) is 0.384. The van der Waals surface area contributed by atoms with Gasteiger partial charge in [-0.25, -0.2) is 19.9 Å². The molecule has 0 radical (unpaired) electrons. The van der Waals surface area contributed by atoms with Crippen molar-refractivity contribution in [1.29, 1.82) is 0 Å². The number of halogens is 1. The highest BCUT2D eigenvalue weighted by molar-refractivity contribution is 6.22. The molecule has 0 aromatic carbocycles. The van der Waals surface area contributed by atoms with E-state index in [1.807, 2.05) is 19.1 Å². The number of nitrogens with zero attached hydrogens (tertiary/aromatic N) is 6. The van der Waals surface area contributed by atoms with E-state index in [1.54, 1.807) is 13.2 Å². The lowest BCUT2D eigenvalue weighted by molar-refractivity contribution is 0.122. The first-order valence-electron chi connectivity index (χ1n) is 10.7. The number of aromatic nitrogens is 3. The second-order valence-corrected chi connectivity index (χ2v) is 8.36. The SMILES string of the molecule is C=CN=C(C(C)Oc1cc(-c2cc(N3CCOCC3)nc(C3CC3)n2)cnc1N)N(C)Cl. The number of aliphatic imine (C=N–C) groups is 1. The number of nitrogens with two attached hydrogens (primary N) is 1. The van der Waals surface area contributed by atoms with Crippen molar-refractivity contribution < 1.29 is 9.47 Å². The van der Waals surface area contributed by atoms with Crippen molar-refractivity contribution in [1.82, 2.24) is 19.4 Å². The molecule has 1 unspecified atom stereocenters. The van der Waals surface area contributed by atoms with E-state index in [1.165, 1.54) is 10.6 Å². The fourth-order valence-electron chi connectivity index (χ4n) is 3.54. The monoisotopic (exact) mass is 457 g/mol.